The average Bonchev–Trinajstić information content (AvgIpc) is 2.74. The zero-order chi connectivity index (χ0) is 26.5. The minimum Gasteiger partial charge on any atom is -0.726 e. The zero-order valence-electron chi connectivity index (χ0n) is 22.4. The molecule has 0 saturated heterocycles. The van der Waals surface area contributed by atoms with Crippen LogP contribution in [0.25, 0.3) is 0 Å². The van der Waals surface area contributed by atoms with Crippen molar-refractivity contribution in [2.75, 3.05) is 41.3 Å². The molecule has 1 atom stereocenters. The fourth-order valence-corrected chi connectivity index (χ4v) is 3.15. The summed E-state index contributed by atoms with van der Waals surface area (Å²) in [5.41, 5.74) is 0. The molecule has 0 bridgehead atoms. The molecule has 0 aliphatic heterocycles. The van der Waals surface area contributed by atoms with Crippen molar-refractivity contribution in [1.82, 2.24) is 5.32 Å². The molecule has 0 rings (SSSR count). The van der Waals surface area contributed by atoms with E-state index in [4.69, 9.17) is 4.74 Å². The van der Waals surface area contributed by atoms with Crippen molar-refractivity contribution in [3.05, 3.63) is 0 Å². The van der Waals surface area contributed by atoms with Crippen molar-refractivity contribution < 1.29 is 36.0 Å². The van der Waals surface area contributed by atoms with Gasteiger partial charge < -0.3 is 19.1 Å². The third kappa shape index (κ3) is 28.8. The summed E-state index contributed by atoms with van der Waals surface area (Å²) in [5, 5.41) is 2.85. The number of unbranched alkanes of at least 4 members (excludes halogenated alkanes) is 10. The van der Waals surface area contributed by atoms with E-state index in [1.165, 1.54) is 57.8 Å². The predicted molar refractivity (Wildman–Crippen MR) is 134 cm³/mol. The van der Waals surface area contributed by atoms with E-state index in [9.17, 15) is 22.6 Å². The van der Waals surface area contributed by atoms with Crippen molar-refractivity contribution in [1.29, 1.82) is 0 Å². The number of carbonyl (C=O) groups excluding carboxylic acids is 2. The molecule has 0 radical (unpaired) electrons. The molecule has 0 aromatic heterocycles. The summed E-state index contributed by atoms with van der Waals surface area (Å²) in [6.07, 6.45) is 14.4. The van der Waals surface area contributed by atoms with Gasteiger partial charge in [0.15, 0.2) is 6.10 Å². The second-order valence-electron chi connectivity index (χ2n) is 9.65. The minimum atomic E-state index is -4.41. The summed E-state index contributed by atoms with van der Waals surface area (Å²) in [7, 11) is 2.77. The van der Waals surface area contributed by atoms with E-state index in [-0.39, 0.29) is 11.9 Å². The quantitative estimate of drug-likeness (QED) is 0.0918. The Morgan fingerprint density at radius 1 is 0.882 bits per heavy atom. The average molecular weight is 511 g/mol. The molecule has 1 N–H and O–H groups in total. The van der Waals surface area contributed by atoms with Crippen molar-refractivity contribution in [2.24, 2.45) is 0 Å². The standard InChI is InChI=1S/C23H46N2O3.CH4O4S/c1-6-7-8-9-10-11-12-13-14-15-16-18-22(26)28-21(2)23(27)24-19-17-20-25(3,4)5;1-5-6(2,3)4/h21H,6-20H2,1-5H3;1H3,(H,2,3,4). The molecule has 0 aromatic rings. The van der Waals surface area contributed by atoms with Gasteiger partial charge in [-0.1, -0.05) is 71.1 Å². The third-order valence-corrected chi connectivity index (χ3v) is 5.58. The Labute approximate surface area is 208 Å². The van der Waals surface area contributed by atoms with Crippen LogP contribution in [0.4, 0.5) is 0 Å². The van der Waals surface area contributed by atoms with Crippen LogP contribution in [0, 0.1) is 0 Å². The summed E-state index contributed by atoms with van der Waals surface area (Å²) in [4.78, 5) is 23.8. The lowest BCUT2D eigenvalue weighted by Gasteiger charge is -2.23. The highest BCUT2D eigenvalue weighted by Gasteiger charge is 2.17. The van der Waals surface area contributed by atoms with Crippen LogP contribution >= 0.6 is 0 Å². The molecule has 1 unspecified atom stereocenters. The van der Waals surface area contributed by atoms with Gasteiger partial charge in [-0.15, -0.1) is 0 Å². The second kappa shape index (κ2) is 21.1. The molecule has 0 saturated carbocycles. The highest BCUT2D eigenvalue weighted by atomic mass is 32.3. The van der Waals surface area contributed by atoms with Crippen molar-refractivity contribution in [3.63, 3.8) is 0 Å². The molecule has 0 aliphatic carbocycles. The first-order valence-corrected chi connectivity index (χ1v) is 13.9. The van der Waals surface area contributed by atoms with Gasteiger partial charge in [-0.25, -0.2) is 8.42 Å². The minimum absolute atomic E-state index is 0.200. The molecule has 1 amide bonds. The molecule has 0 spiro atoms. The Balaban J connectivity index is 0. The summed E-state index contributed by atoms with van der Waals surface area (Å²) in [6.45, 7) is 5.51. The number of hydrogen-bond acceptors (Lipinski definition) is 7. The number of esters is 1. The molecular weight excluding hydrogens is 460 g/mol. The Kier molecular flexibility index (Phi) is 21.7. The van der Waals surface area contributed by atoms with Crippen LogP contribution in [-0.4, -0.2) is 76.8 Å². The van der Waals surface area contributed by atoms with Gasteiger partial charge in [-0.05, 0) is 13.3 Å². The lowest BCUT2D eigenvalue weighted by molar-refractivity contribution is -0.870. The van der Waals surface area contributed by atoms with Crippen LogP contribution in [0.5, 0.6) is 0 Å². The summed E-state index contributed by atoms with van der Waals surface area (Å²) in [5.74, 6) is -0.460. The molecular formula is C24H50N2O7S. The van der Waals surface area contributed by atoms with Gasteiger partial charge in [-0.3, -0.25) is 13.8 Å². The summed E-state index contributed by atoms with van der Waals surface area (Å²) in [6, 6.07) is 0. The van der Waals surface area contributed by atoms with Crippen LogP contribution < -0.4 is 5.32 Å². The topological polar surface area (TPSA) is 122 Å². The van der Waals surface area contributed by atoms with Crippen LogP contribution in [-0.2, 0) is 28.9 Å². The van der Waals surface area contributed by atoms with Gasteiger partial charge in [0.2, 0.25) is 10.4 Å². The highest BCUT2D eigenvalue weighted by Crippen LogP contribution is 2.12. The van der Waals surface area contributed by atoms with Gasteiger partial charge in [0.25, 0.3) is 5.91 Å². The summed E-state index contributed by atoms with van der Waals surface area (Å²) < 4.78 is 37.1. The maximum absolute atomic E-state index is 12.0. The first-order valence-electron chi connectivity index (χ1n) is 12.6. The Bertz CT molecular complexity index is 619. The number of quaternary nitrogens is 1. The second-order valence-corrected chi connectivity index (χ2v) is 10.8. The number of carbonyl (C=O) groups is 2. The van der Waals surface area contributed by atoms with Crippen molar-refractivity contribution >= 4 is 22.3 Å². The number of rotatable bonds is 19. The van der Waals surface area contributed by atoms with E-state index >= 15 is 0 Å². The molecule has 0 aliphatic rings. The number of ether oxygens (including phenoxy) is 1. The maximum atomic E-state index is 12.0. The summed E-state index contributed by atoms with van der Waals surface area (Å²) >= 11 is 0. The van der Waals surface area contributed by atoms with Crippen molar-refractivity contribution in [3.8, 4) is 0 Å². The molecule has 34 heavy (non-hydrogen) atoms. The van der Waals surface area contributed by atoms with Crippen LogP contribution in [0.1, 0.15) is 97.3 Å². The van der Waals surface area contributed by atoms with Crippen LogP contribution in [0.15, 0.2) is 0 Å². The van der Waals surface area contributed by atoms with Gasteiger partial charge in [0.1, 0.15) is 0 Å². The third-order valence-electron chi connectivity index (χ3n) is 5.17. The van der Waals surface area contributed by atoms with E-state index in [1.807, 2.05) is 0 Å². The van der Waals surface area contributed by atoms with E-state index in [2.05, 4.69) is 37.6 Å². The Morgan fingerprint density at radius 3 is 1.74 bits per heavy atom. The van der Waals surface area contributed by atoms with E-state index in [1.54, 1.807) is 6.92 Å². The normalized spacial score (nSPS) is 12.4. The molecule has 10 heteroatoms. The van der Waals surface area contributed by atoms with E-state index < -0.39 is 16.5 Å². The fraction of sp³-hybridized carbons (Fsp3) is 0.917. The largest absolute Gasteiger partial charge is 0.726 e. The van der Waals surface area contributed by atoms with E-state index in [0.717, 1.165) is 37.4 Å². The Morgan fingerprint density at radius 2 is 1.32 bits per heavy atom. The van der Waals surface area contributed by atoms with Crippen LogP contribution in [0.3, 0.4) is 0 Å². The maximum Gasteiger partial charge on any atom is 0.306 e. The van der Waals surface area contributed by atoms with Gasteiger partial charge in [-0.2, -0.15) is 0 Å². The predicted octanol–water partition coefficient (Wildman–Crippen LogP) is 3.92. The van der Waals surface area contributed by atoms with Crippen molar-refractivity contribution in [2.45, 2.75) is 103 Å². The highest BCUT2D eigenvalue weighted by molar-refractivity contribution is 7.80. The van der Waals surface area contributed by atoms with Gasteiger partial charge in [0, 0.05) is 19.4 Å². The Hall–Kier alpha value is -1.23. The first kappa shape index (κ1) is 34.9. The van der Waals surface area contributed by atoms with Gasteiger partial charge in [0.05, 0.1) is 34.8 Å². The smallest absolute Gasteiger partial charge is 0.306 e. The van der Waals surface area contributed by atoms with E-state index in [0.29, 0.717) is 13.0 Å². The molecule has 0 aromatic carbocycles. The molecule has 9 nitrogen and oxygen atoms in total. The first-order chi connectivity index (χ1) is 15.8. The van der Waals surface area contributed by atoms with Gasteiger partial charge >= 0.3 is 5.97 Å². The lowest BCUT2D eigenvalue weighted by Crippen LogP contribution is -2.40. The zero-order valence-corrected chi connectivity index (χ0v) is 23.2. The SMILES string of the molecule is CCCCCCCCCCCCCC(=O)OC(C)C(=O)NCCC[N+](C)(C)C.COS(=O)(=O)[O-]. The van der Waals surface area contributed by atoms with Crippen LogP contribution in [0.2, 0.25) is 0 Å². The molecule has 0 heterocycles. The number of nitrogens with one attached hydrogen (secondary N) is 1. The lowest BCUT2D eigenvalue weighted by atomic mass is 10.1. The number of amides is 1. The molecule has 204 valence electrons. The number of nitrogens with zero attached hydrogens (tertiary/aromatic N) is 1. The molecule has 0 fully saturated rings. The fourth-order valence-electron chi connectivity index (χ4n) is 3.15. The number of hydrogen-bond donors (Lipinski definition) is 1. The monoisotopic (exact) mass is 510 g/mol.